The fourth-order valence-electron chi connectivity index (χ4n) is 4.41. The third kappa shape index (κ3) is 4.86. The first-order chi connectivity index (χ1) is 16.4. The molecule has 2 aromatic carbocycles. The van der Waals surface area contributed by atoms with Gasteiger partial charge in [0.1, 0.15) is 10.4 Å². The van der Waals surface area contributed by atoms with Gasteiger partial charge in [0.25, 0.3) is 0 Å². The molecule has 0 saturated heterocycles. The Morgan fingerprint density at radius 3 is 2.12 bits per heavy atom. The van der Waals surface area contributed by atoms with Crippen LogP contribution in [-0.2, 0) is 24.5 Å². The Kier molecular flexibility index (Phi) is 8.47. The molecule has 1 aliphatic rings. The number of carbonyl (C=O) groups excluding carboxylic acids is 2. The average molecular weight is 499 g/mol. The average Bonchev–Trinajstić information content (AvgIpc) is 3.39. The molecule has 2 heterocycles. The number of methoxy groups -OCH3 is 2. The second-order valence-electron chi connectivity index (χ2n) is 7.72. The summed E-state index contributed by atoms with van der Waals surface area (Å²) in [5.41, 5.74) is 0.646. The number of benzene rings is 2. The van der Waals surface area contributed by atoms with Crippen molar-refractivity contribution in [2.24, 2.45) is 0 Å². The molecule has 6 nitrogen and oxygen atoms in total. The fourth-order valence-corrected chi connectivity index (χ4v) is 5.38. The van der Waals surface area contributed by atoms with E-state index in [0.29, 0.717) is 16.3 Å². The second-order valence-corrected chi connectivity index (χ2v) is 9.08. The summed E-state index contributed by atoms with van der Waals surface area (Å²) in [7, 11) is 2.70. The summed E-state index contributed by atoms with van der Waals surface area (Å²) in [6, 6.07) is 18.5. The van der Waals surface area contributed by atoms with E-state index in [4.69, 9.17) is 21.1 Å². The molecule has 3 aromatic rings. The molecule has 0 spiro atoms. The number of nitrogens with one attached hydrogen (secondary N) is 1. The minimum atomic E-state index is -1.17. The number of rotatable bonds is 4. The molecule has 0 bridgehead atoms. The van der Waals surface area contributed by atoms with Gasteiger partial charge in [-0.05, 0) is 31.5 Å². The van der Waals surface area contributed by atoms with E-state index in [1.165, 1.54) is 25.6 Å². The molecule has 1 aliphatic heterocycles. The maximum Gasteiger partial charge on any atom is 0.336 e. The van der Waals surface area contributed by atoms with Crippen molar-refractivity contribution in [3.05, 3.63) is 99.1 Å². The van der Waals surface area contributed by atoms with E-state index in [9.17, 15) is 9.59 Å². The fraction of sp³-hybridized carbons (Fsp3) is 0.269. The minimum absolute atomic E-state index is 0.338. The Morgan fingerprint density at radius 2 is 1.65 bits per heavy atom. The summed E-state index contributed by atoms with van der Waals surface area (Å²) in [6.07, 6.45) is 1.67. The third-order valence-corrected chi connectivity index (χ3v) is 6.97. The molecular weight excluding hydrogens is 472 g/mol. The number of ether oxygens (including phenoxy) is 2. The van der Waals surface area contributed by atoms with Crippen LogP contribution in [0, 0.1) is 0 Å². The van der Waals surface area contributed by atoms with Crippen molar-refractivity contribution < 1.29 is 19.1 Å². The number of hydrogen-bond donors (Lipinski definition) is 1. The molecule has 34 heavy (non-hydrogen) atoms. The van der Waals surface area contributed by atoms with E-state index < -0.39 is 23.3 Å². The molecule has 8 heteroatoms. The van der Waals surface area contributed by atoms with E-state index in [-0.39, 0.29) is 6.04 Å². The molecular formula is C26H27ClN2O4S. The van der Waals surface area contributed by atoms with E-state index in [1.807, 2.05) is 79.9 Å². The van der Waals surface area contributed by atoms with E-state index in [1.54, 1.807) is 6.20 Å². The van der Waals surface area contributed by atoms with Crippen molar-refractivity contribution in [1.82, 2.24) is 10.3 Å². The summed E-state index contributed by atoms with van der Waals surface area (Å²) >= 11 is 6.94. The summed E-state index contributed by atoms with van der Waals surface area (Å²) in [5.74, 6) is -1.55. The Morgan fingerprint density at radius 1 is 1.03 bits per heavy atom. The highest BCUT2D eigenvalue weighted by Crippen LogP contribution is 2.51. The second kappa shape index (κ2) is 11.3. The lowest BCUT2D eigenvalue weighted by Crippen LogP contribution is -2.60. The lowest BCUT2D eigenvalue weighted by atomic mass is 9.61. The molecule has 1 aromatic heterocycles. The summed E-state index contributed by atoms with van der Waals surface area (Å²) in [4.78, 5) is 30.5. The van der Waals surface area contributed by atoms with Crippen LogP contribution in [0.2, 0.25) is 5.02 Å². The van der Waals surface area contributed by atoms with Crippen molar-refractivity contribution >= 4 is 34.9 Å². The molecule has 4 rings (SSSR count). The monoisotopic (exact) mass is 498 g/mol. The van der Waals surface area contributed by atoms with Crippen molar-refractivity contribution in [2.45, 2.75) is 31.2 Å². The van der Waals surface area contributed by atoms with Gasteiger partial charge in [-0.3, -0.25) is 4.79 Å². The zero-order valence-electron chi connectivity index (χ0n) is 19.4. The Hall–Kier alpha value is -3.16. The number of carbonyl (C=O) groups is 2. The maximum absolute atomic E-state index is 13.3. The summed E-state index contributed by atoms with van der Waals surface area (Å²) in [5, 5.41) is 6.59. The van der Waals surface area contributed by atoms with Crippen LogP contribution in [0.15, 0.2) is 83.5 Å². The van der Waals surface area contributed by atoms with Crippen molar-refractivity contribution in [3.8, 4) is 0 Å². The normalized spacial score (nSPS) is 21.6. The van der Waals surface area contributed by atoms with Crippen molar-refractivity contribution in [1.29, 1.82) is 0 Å². The highest BCUT2D eigenvalue weighted by atomic mass is 35.5. The standard InChI is InChI=1S/C20H22N2O4S.C6H5Cl/c1-12-15(18(23)25-3)16(17-21-10-11-27-17)20(13(2)22-12,19(24)26-4)14-8-6-5-7-9-14;7-6-4-2-1-3-5-6/h5-11,13,16,22H,1-4H3;1-5H. The van der Waals surface area contributed by atoms with E-state index in [2.05, 4.69) is 10.3 Å². The van der Waals surface area contributed by atoms with Gasteiger partial charge in [-0.15, -0.1) is 11.3 Å². The molecule has 0 saturated carbocycles. The topological polar surface area (TPSA) is 77.5 Å². The number of aromatic nitrogens is 1. The lowest BCUT2D eigenvalue weighted by molar-refractivity contribution is -0.150. The van der Waals surface area contributed by atoms with Crippen LogP contribution >= 0.6 is 22.9 Å². The van der Waals surface area contributed by atoms with Gasteiger partial charge in [0.05, 0.1) is 25.7 Å². The molecule has 178 valence electrons. The smallest absolute Gasteiger partial charge is 0.336 e. The molecule has 0 radical (unpaired) electrons. The number of thiazole rings is 1. The molecule has 3 unspecified atom stereocenters. The minimum Gasteiger partial charge on any atom is -0.468 e. The van der Waals surface area contributed by atoms with Crippen LogP contribution in [0.3, 0.4) is 0 Å². The van der Waals surface area contributed by atoms with Gasteiger partial charge in [-0.2, -0.15) is 0 Å². The number of nitrogens with zero attached hydrogens (tertiary/aromatic N) is 1. The SMILES string of the molecule is COC(=O)C1=C(C)NC(C)C(C(=O)OC)(c2ccccc2)C1c1nccs1.Clc1ccccc1. The molecule has 0 aliphatic carbocycles. The zero-order valence-corrected chi connectivity index (χ0v) is 21.0. The number of hydrogen-bond acceptors (Lipinski definition) is 7. The summed E-state index contributed by atoms with van der Waals surface area (Å²) in [6.45, 7) is 3.73. The molecule has 0 amide bonds. The van der Waals surface area contributed by atoms with E-state index in [0.717, 1.165) is 10.6 Å². The first-order valence-corrected chi connectivity index (χ1v) is 11.9. The zero-order chi connectivity index (χ0) is 24.7. The molecule has 3 atom stereocenters. The Balaban J connectivity index is 0.000000396. The quantitative estimate of drug-likeness (QED) is 0.503. The Labute approximate surface area is 208 Å². The first kappa shape index (κ1) is 25.5. The number of allylic oxidation sites excluding steroid dienone is 1. The Bertz CT molecular complexity index is 1140. The third-order valence-electron chi connectivity index (χ3n) is 5.88. The molecule has 0 fully saturated rings. The predicted molar refractivity (Wildman–Crippen MR) is 134 cm³/mol. The lowest BCUT2D eigenvalue weighted by Gasteiger charge is -2.47. The van der Waals surface area contributed by atoms with Crippen LogP contribution < -0.4 is 5.32 Å². The van der Waals surface area contributed by atoms with Crippen LogP contribution in [0.4, 0.5) is 0 Å². The van der Waals surface area contributed by atoms with Crippen LogP contribution in [0.5, 0.6) is 0 Å². The largest absolute Gasteiger partial charge is 0.468 e. The van der Waals surface area contributed by atoms with Crippen LogP contribution in [0.25, 0.3) is 0 Å². The summed E-state index contributed by atoms with van der Waals surface area (Å²) < 4.78 is 10.3. The van der Waals surface area contributed by atoms with Gasteiger partial charge < -0.3 is 14.8 Å². The van der Waals surface area contributed by atoms with Crippen LogP contribution in [-0.4, -0.2) is 37.2 Å². The van der Waals surface area contributed by atoms with Gasteiger partial charge in [0.15, 0.2) is 0 Å². The maximum atomic E-state index is 13.3. The van der Waals surface area contributed by atoms with Gasteiger partial charge in [0, 0.05) is 28.3 Å². The van der Waals surface area contributed by atoms with Gasteiger partial charge in [-0.1, -0.05) is 60.1 Å². The highest BCUT2D eigenvalue weighted by Gasteiger charge is 2.59. The number of halogens is 1. The van der Waals surface area contributed by atoms with Crippen LogP contribution in [0.1, 0.15) is 30.3 Å². The van der Waals surface area contributed by atoms with Crippen molar-refractivity contribution in [3.63, 3.8) is 0 Å². The first-order valence-electron chi connectivity index (χ1n) is 10.7. The van der Waals surface area contributed by atoms with Gasteiger partial charge in [0.2, 0.25) is 0 Å². The predicted octanol–water partition coefficient (Wildman–Crippen LogP) is 5.12. The van der Waals surface area contributed by atoms with Gasteiger partial charge >= 0.3 is 11.9 Å². The van der Waals surface area contributed by atoms with Gasteiger partial charge in [-0.25, -0.2) is 9.78 Å². The highest BCUT2D eigenvalue weighted by molar-refractivity contribution is 7.09. The molecule has 1 N–H and O–H groups in total. The number of esters is 2. The van der Waals surface area contributed by atoms with Crippen molar-refractivity contribution in [2.75, 3.05) is 14.2 Å². The van der Waals surface area contributed by atoms with E-state index >= 15 is 0 Å².